The van der Waals surface area contributed by atoms with Crippen LogP contribution in [-0.4, -0.2) is 25.5 Å². The highest BCUT2D eigenvalue weighted by Crippen LogP contribution is 2.48. The first-order valence-corrected chi connectivity index (χ1v) is 9.46. The maximum atomic E-state index is 11.2. The van der Waals surface area contributed by atoms with Crippen molar-refractivity contribution in [3.63, 3.8) is 0 Å². The predicted molar refractivity (Wildman–Crippen MR) is 127 cm³/mol. The molecule has 1 amide bonds. The molecule has 0 aliphatic heterocycles. The van der Waals surface area contributed by atoms with E-state index in [-0.39, 0.29) is 35.3 Å². The maximum absolute atomic E-state index is 11.2. The van der Waals surface area contributed by atoms with Crippen LogP contribution in [-0.2, 0) is 16.8 Å². The Labute approximate surface area is 188 Å². The number of halogens is 2. The van der Waals surface area contributed by atoms with Gasteiger partial charge in [0.25, 0.3) is 0 Å². The van der Waals surface area contributed by atoms with Crippen molar-refractivity contribution in [1.29, 1.82) is 0 Å². The van der Waals surface area contributed by atoms with Gasteiger partial charge in [-0.15, -0.1) is 24.0 Å². The van der Waals surface area contributed by atoms with Crippen LogP contribution in [0, 0.1) is 0 Å². The lowest BCUT2D eigenvalue weighted by molar-refractivity contribution is -0.114. The average molecular weight is 513 g/mol. The molecule has 0 saturated heterocycles. The van der Waals surface area contributed by atoms with Gasteiger partial charge in [0, 0.05) is 43.2 Å². The van der Waals surface area contributed by atoms with Crippen LogP contribution in [0.15, 0.2) is 53.5 Å². The fraction of sp³-hybridized carbons (Fsp3) is 0.333. The Kier molecular flexibility index (Phi) is 8.12. The minimum atomic E-state index is -0.0756. The second kappa shape index (κ2) is 10.1. The zero-order valence-electron chi connectivity index (χ0n) is 16.1. The van der Waals surface area contributed by atoms with E-state index in [1.165, 1.54) is 12.5 Å². The van der Waals surface area contributed by atoms with E-state index in [1.54, 1.807) is 7.05 Å². The summed E-state index contributed by atoms with van der Waals surface area (Å²) in [6.07, 6.45) is 2.30. The molecule has 1 aliphatic carbocycles. The van der Waals surface area contributed by atoms with Crippen molar-refractivity contribution in [2.45, 2.75) is 31.7 Å². The topological polar surface area (TPSA) is 65.5 Å². The van der Waals surface area contributed by atoms with Crippen molar-refractivity contribution >= 4 is 53.1 Å². The lowest BCUT2D eigenvalue weighted by Crippen LogP contribution is -2.40. The van der Waals surface area contributed by atoms with Crippen LogP contribution in [0.2, 0.25) is 5.02 Å². The number of hydrogen-bond donors (Lipinski definition) is 3. The molecule has 0 radical (unpaired) electrons. The number of carbonyl (C=O) groups excluding carboxylic acids is 1. The van der Waals surface area contributed by atoms with Gasteiger partial charge < -0.3 is 16.0 Å². The van der Waals surface area contributed by atoms with Gasteiger partial charge in [0.05, 0.1) is 0 Å². The molecule has 0 aromatic heterocycles. The summed E-state index contributed by atoms with van der Waals surface area (Å²) in [7, 11) is 1.77. The van der Waals surface area contributed by atoms with Crippen molar-refractivity contribution in [3.05, 3.63) is 64.7 Å². The number of amides is 1. The van der Waals surface area contributed by atoms with E-state index in [2.05, 4.69) is 33.1 Å². The first kappa shape index (κ1) is 22.5. The van der Waals surface area contributed by atoms with Gasteiger partial charge in [0.15, 0.2) is 5.96 Å². The molecule has 2 aromatic rings. The number of guanidine groups is 1. The van der Waals surface area contributed by atoms with Crippen molar-refractivity contribution in [2.24, 2.45) is 4.99 Å². The molecule has 0 spiro atoms. The lowest BCUT2D eigenvalue weighted by atomic mass is 9.96. The van der Waals surface area contributed by atoms with Crippen LogP contribution in [0.3, 0.4) is 0 Å². The Hall–Kier alpha value is -1.80. The molecule has 150 valence electrons. The highest BCUT2D eigenvalue weighted by Gasteiger charge is 2.44. The highest BCUT2D eigenvalue weighted by atomic mass is 127. The molecular formula is C21H26ClIN4O. The summed E-state index contributed by atoms with van der Waals surface area (Å²) < 4.78 is 0. The Bertz CT molecular complexity index is 852. The molecule has 3 N–H and O–H groups in total. The third-order valence-electron chi connectivity index (χ3n) is 4.82. The fourth-order valence-electron chi connectivity index (χ4n) is 3.16. The SMILES string of the molecule is CN=C(NCc1cccc(NC(C)=O)c1)NCC1(c2cccc(Cl)c2)CC1.I. The number of nitrogens with one attached hydrogen (secondary N) is 3. The first-order chi connectivity index (χ1) is 13.0. The van der Waals surface area contributed by atoms with E-state index in [0.29, 0.717) is 6.54 Å². The van der Waals surface area contributed by atoms with Crippen LogP contribution < -0.4 is 16.0 Å². The zero-order chi connectivity index (χ0) is 19.3. The molecule has 0 bridgehead atoms. The van der Waals surface area contributed by atoms with Crippen molar-refractivity contribution in [2.75, 3.05) is 18.9 Å². The average Bonchev–Trinajstić information content (AvgIpc) is 3.43. The Balaban J connectivity index is 0.00000280. The quantitative estimate of drug-likeness (QED) is 0.307. The van der Waals surface area contributed by atoms with Crippen LogP contribution in [0.1, 0.15) is 30.9 Å². The number of aliphatic imine (C=N–C) groups is 1. The van der Waals surface area contributed by atoms with Gasteiger partial charge >= 0.3 is 0 Å². The summed E-state index contributed by atoms with van der Waals surface area (Å²) in [5.74, 6) is 0.682. The van der Waals surface area contributed by atoms with E-state index >= 15 is 0 Å². The molecule has 3 rings (SSSR count). The van der Waals surface area contributed by atoms with Gasteiger partial charge in [-0.2, -0.15) is 0 Å². The van der Waals surface area contributed by atoms with Gasteiger partial charge in [0.1, 0.15) is 0 Å². The summed E-state index contributed by atoms with van der Waals surface area (Å²) >= 11 is 6.15. The van der Waals surface area contributed by atoms with Crippen LogP contribution in [0.25, 0.3) is 0 Å². The van der Waals surface area contributed by atoms with Crippen molar-refractivity contribution in [1.82, 2.24) is 10.6 Å². The van der Waals surface area contributed by atoms with E-state index < -0.39 is 0 Å². The van der Waals surface area contributed by atoms with Gasteiger partial charge in [-0.3, -0.25) is 9.79 Å². The second-order valence-electron chi connectivity index (χ2n) is 6.95. The molecule has 2 aromatic carbocycles. The summed E-state index contributed by atoms with van der Waals surface area (Å²) in [6, 6.07) is 15.9. The number of anilines is 1. The van der Waals surface area contributed by atoms with E-state index in [0.717, 1.165) is 41.6 Å². The Morgan fingerprint density at radius 1 is 1.14 bits per heavy atom. The van der Waals surface area contributed by atoms with Crippen LogP contribution in [0.5, 0.6) is 0 Å². The zero-order valence-corrected chi connectivity index (χ0v) is 19.2. The smallest absolute Gasteiger partial charge is 0.221 e. The summed E-state index contributed by atoms with van der Waals surface area (Å²) in [4.78, 5) is 15.5. The third-order valence-corrected chi connectivity index (χ3v) is 5.05. The molecule has 0 unspecified atom stereocenters. The van der Waals surface area contributed by atoms with Crippen LogP contribution in [0.4, 0.5) is 5.69 Å². The van der Waals surface area contributed by atoms with E-state index in [1.807, 2.05) is 36.4 Å². The number of rotatable bonds is 6. The monoisotopic (exact) mass is 512 g/mol. The lowest BCUT2D eigenvalue weighted by Gasteiger charge is -2.19. The van der Waals surface area contributed by atoms with Gasteiger partial charge in [0.2, 0.25) is 5.91 Å². The Morgan fingerprint density at radius 2 is 1.89 bits per heavy atom. The molecule has 0 atom stereocenters. The van der Waals surface area contributed by atoms with Gasteiger partial charge in [-0.25, -0.2) is 0 Å². The third kappa shape index (κ3) is 6.10. The predicted octanol–water partition coefficient (Wildman–Crippen LogP) is 4.31. The Morgan fingerprint density at radius 3 is 2.54 bits per heavy atom. The summed E-state index contributed by atoms with van der Waals surface area (Å²) in [5.41, 5.74) is 3.29. The summed E-state index contributed by atoms with van der Waals surface area (Å²) in [5, 5.41) is 10.3. The molecule has 28 heavy (non-hydrogen) atoms. The minimum Gasteiger partial charge on any atom is -0.356 e. The molecule has 1 fully saturated rings. The molecule has 7 heteroatoms. The molecule has 1 saturated carbocycles. The molecule has 1 aliphatic rings. The molecule has 5 nitrogen and oxygen atoms in total. The number of hydrogen-bond acceptors (Lipinski definition) is 2. The number of benzene rings is 2. The first-order valence-electron chi connectivity index (χ1n) is 9.08. The second-order valence-corrected chi connectivity index (χ2v) is 7.39. The van der Waals surface area contributed by atoms with Gasteiger partial charge in [-0.05, 0) is 48.2 Å². The van der Waals surface area contributed by atoms with Gasteiger partial charge in [-0.1, -0.05) is 35.9 Å². The van der Waals surface area contributed by atoms with E-state index in [4.69, 9.17) is 11.6 Å². The number of carbonyl (C=O) groups is 1. The normalized spacial score (nSPS) is 14.6. The molecule has 0 heterocycles. The van der Waals surface area contributed by atoms with Crippen molar-refractivity contribution in [3.8, 4) is 0 Å². The van der Waals surface area contributed by atoms with Crippen molar-refractivity contribution < 1.29 is 4.79 Å². The maximum Gasteiger partial charge on any atom is 0.221 e. The fourth-order valence-corrected chi connectivity index (χ4v) is 3.35. The minimum absolute atomic E-state index is 0. The largest absolute Gasteiger partial charge is 0.356 e. The van der Waals surface area contributed by atoms with E-state index in [9.17, 15) is 4.79 Å². The molecular weight excluding hydrogens is 487 g/mol. The van der Waals surface area contributed by atoms with Crippen LogP contribution >= 0.6 is 35.6 Å². The number of nitrogens with zero attached hydrogens (tertiary/aromatic N) is 1. The standard InChI is InChI=1S/C21H25ClN4O.HI/c1-15(27)26-19-8-3-5-16(11-19)13-24-20(23-2)25-14-21(9-10-21)17-6-4-7-18(22)12-17;/h3-8,11-12H,9-10,13-14H2,1-2H3,(H,26,27)(H2,23,24,25);1H. The summed E-state index contributed by atoms with van der Waals surface area (Å²) in [6.45, 7) is 2.94. The highest BCUT2D eigenvalue weighted by molar-refractivity contribution is 14.0.